The van der Waals surface area contributed by atoms with Gasteiger partial charge in [-0.15, -0.1) is 0 Å². The Bertz CT molecular complexity index is 1080. The molecule has 2 aromatic carbocycles. The van der Waals surface area contributed by atoms with E-state index in [2.05, 4.69) is 10.6 Å². The summed E-state index contributed by atoms with van der Waals surface area (Å²) in [5.74, 6) is -0.614. The molecule has 0 bridgehead atoms. The Balaban J connectivity index is 2.43. The Morgan fingerprint density at radius 1 is 1.05 bits per heavy atom. The summed E-state index contributed by atoms with van der Waals surface area (Å²) in [6.45, 7) is 11.6. The smallest absolute Gasteiger partial charge is 0.408 e. The first-order valence-corrected chi connectivity index (χ1v) is 12.7. The molecule has 2 aromatic rings. The van der Waals surface area contributed by atoms with E-state index < -0.39 is 29.7 Å². The van der Waals surface area contributed by atoms with Gasteiger partial charge in [0, 0.05) is 20.0 Å². The van der Waals surface area contributed by atoms with Crippen LogP contribution in [0.5, 0.6) is 5.75 Å². The van der Waals surface area contributed by atoms with Crippen LogP contribution in [0.3, 0.4) is 0 Å². The highest BCUT2D eigenvalue weighted by Gasteiger charge is 2.35. The molecule has 0 aliphatic rings. The summed E-state index contributed by atoms with van der Waals surface area (Å²) in [6.07, 6.45) is 1.18. The number of aryl methyl sites for hydroxylation is 2. The summed E-state index contributed by atoms with van der Waals surface area (Å²) in [4.78, 5) is 41.4. The molecule has 0 aliphatic heterocycles. The fourth-order valence-electron chi connectivity index (χ4n) is 3.96. The van der Waals surface area contributed by atoms with Gasteiger partial charge >= 0.3 is 6.09 Å². The maximum absolute atomic E-state index is 13.9. The second-order valence-electron chi connectivity index (χ2n) is 10.4. The molecule has 0 spiro atoms. The summed E-state index contributed by atoms with van der Waals surface area (Å²) in [5, 5.41) is 15.3. The number of nitrogens with zero attached hydrogens (tertiary/aromatic N) is 1. The maximum Gasteiger partial charge on any atom is 0.408 e. The normalized spacial score (nSPS) is 12.8. The number of amides is 3. The van der Waals surface area contributed by atoms with E-state index in [1.165, 1.54) is 17.0 Å². The zero-order chi connectivity index (χ0) is 27.8. The van der Waals surface area contributed by atoms with E-state index in [-0.39, 0.29) is 18.1 Å². The highest BCUT2D eigenvalue weighted by molar-refractivity contribution is 5.92. The molecule has 202 valence electrons. The molecule has 8 nitrogen and oxygen atoms in total. The van der Waals surface area contributed by atoms with Crippen LogP contribution in [0, 0.1) is 13.8 Å². The quantitative estimate of drug-likeness (QED) is 0.405. The van der Waals surface area contributed by atoms with Crippen LogP contribution in [0.15, 0.2) is 42.5 Å². The predicted molar refractivity (Wildman–Crippen MR) is 144 cm³/mol. The first-order valence-electron chi connectivity index (χ1n) is 12.7. The second kappa shape index (κ2) is 13.1. The number of unbranched alkanes of at least 4 members (excludes halogenated alkanes) is 1. The number of phenolic OH excluding ortho intramolecular Hbond substituents is 1. The zero-order valence-electron chi connectivity index (χ0n) is 23.1. The number of alkyl carbamates (subject to hydrolysis) is 1. The van der Waals surface area contributed by atoms with Crippen LogP contribution in [0.2, 0.25) is 0 Å². The lowest BCUT2D eigenvalue weighted by atomic mass is 9.96. The minimum absolute atomic E-state index is 0.0996. The van der Waals surface area contributed by atoms with E-state index in [4.69, 9.17) is 4.74 Å². The van der Waals surface area contributed by atoms with Gasteiger partial charge < -0.3 is 25.4 Å². The summed E-state index contributed by atoms with van der Waals surface area (Å²) < 4.78 is 5.41. The van der Waals surface area contributed by atoms with Gasteiger partial charge in [0.2, 0.25) is 11.8 Å². The average Bonchev–Trinajstić information content (AvgIpc) is 2.81. The first kappa shape index (κ1) is 29.7. The first-order chi connectivity index (χ1) is 17.3. The minimum atomic E-state index is -1.000. The molecule has 0 heterocycles. The average molecular weight is 512 g/mol. The topological polar surface area (TPSA) is 108 Å². The number of benzene rings is 2. The minimum Gasteiger partial charge on any atom is -0.508 e. The molecule has 0 saturated carbocycles. The molecule has 0 aliphatic carbocycles. The van der Waals surface area contributed by atoms with Crippen molar-refractivity contribution in [3.05, 3.63) is 64.7 Å². The molecule has 3 amide bonds. The fourth-order valence-corrected chi connectivity index (χ4v) is 3.96. The summed E-state index contributed by atoms with van der Waals surface area (Å²) in [5.41, 5.74) is 2.57. The van der Waals surface area contributed by atoms with Gasteiger partial charge in [-0.1, -0.05) is 49.2 Å². The van der Waals surface area contributed by atoms with E-state index in [1.54, 1.807) is 40.0 Å². The van der Waals surface area contributed by atoms with E-state index in [1.807, 2.05) is 39.0 Å². The molecule has 0 saturated heterocycles. The number of ether oxygens (including phenoxy) is 1. The largest absolute Gasteiger partial charge is 0.508 e. The van der Waals surface area contributed by atoms with E-state index in [0.29, 0.717) is 6.54 Å². The van der Waals surface area contributed by atoms with Gasteiger partial charge in [0.1, 0.15) is 23.4 Å². The van der Waals surface area contributed by atoms with Crippen molar-refractivity contribution in [2.75, 3.05) is 13.6 Å². The van der Waals surface area contributed by atoms with Gasteiger partial charge in [0.05, 0.1) is 0 Å². The van der Waals surface area contributed by atoms with Crippen molar-refractivity contribution in [2.45, 2.75) is 78.5 Å². The van der Waals surface area contributed by atoms with Gasteiger partial charge in [-0.05, 0) is 69.9 Å². The number of carbonyl (C=O) groups excluding carboxylic acids is 3. The lowest BCUT2D eigenvalue weighted by molar-refractivity contribution is -0.140. The van der Waals surface area contributed by atoms with Gasteiger partial charge in [0.25, 0.3) is 0 Å². The molecule has 8 heteroatoms. The summed E-state index contributed by atoms with van der Waals surface area (Å²) >= 11 is 0. The Kier molecular flexibility index (Phi) is 10.5. The molecule has 0 fully saturated rings. The van der Waals surface area contributed by atoms with Crippen LogP contribution in [0.25, 0.3) is 0 Å². The number of hydrogen-bond donors (Lipinski definition) is 3. The van der Waals surface area contributed by atoms with Crippen molar-refractivity contribution in [3.8, 4) is 5.75 Å². The van der Waals surface area contributed by atoms with Gasteiger partial charge in [0.15, 0.2) is 0 Å². The van der Waals surface area contributed by atoms with E-state index in [0.717, 1.165) is 35.1 Å². The van der Waals surface area contributed by atoms with Crippen molar-refractivity contribution in [1.82, 2.24) is 15.5 Å². The zero-order valence-corrected chi connectivity index (χ0v) is 23.1. The molecule has 3 N–H and O–H groups in total. The fraction of sp³-hybridized carbons (Fsp3) is 0.483. The lowest BCUT2D eigenvalue weighted by Gasteiger charge is -2.32. The Labute approximate surface area is 220 Å². The van der Waals surface area contributed by atoms with Gasteiger partial charge in [-0.25, -0.2) is 4.79 Å². The standard InChI is InChI=1S/C29H41N3O5/c1-8-9-16-30-26(34)25(23-17-19(2)10-11-20(23)3)32(7)27(35)24(31-28(36)37-29(4,5)6)18-21-12-14-22(33)15-13-21/h10-15,17,24-25,33H,8-9,16,18H2,1-7H3,(H,30,34)(H,31,36). The van der Waals surface area contributed by atoms with Gasteiger partial charge in [-0.3, -0.25) is 9.59 Å². The molecule has 0 radical (unpaired) electrons. The van der Waals surface area contributed by atoms with Crippen LogP contribution in [0.4, 0.5) is 4.79 Å². The number of likely N-dealkylation sites (N-methyl/N-ethyl adjacent to an activating group) is 1. The maximum atomic E-state index is 13.9. The number of carbonyl (C=O) groups is 3. The summed E-state index contributed by atoms with van der Waals surface area (Å²) in [7, 11) is 1.58. The molecule has 2 rings (SSSR count). The van der Waals surface area contributed by atoms with Crippen molar-refractivity contribution < 1.29 is 24.2 Å². The van der Waals surface area contributed by atoms with E-state index >= 15 is 0 Å². The predicted octanol–water partition coefficient (Wildman–Crippen LogP) is 4.56. The Hall–Kier alpha value is -3.55. The SMILES string of the molecule is CCCCNC(=O)C(c1cc(C)ccc1C)N(C)C(=O)C(Cc1ccc(O)cc1)NC(=O)OC(C)(C)C. The van der Waals surface area contributed by atoms with Crippen molar-refractivity contribution >= 4 is 17.9 Å². The van der Waals surface area contributed by atoms with Crippen LogP contribution in [0.1, 0.15) is 68.8 Å². The highest BCUT2D eigenvalue weighted by atomic mass is 16.6. The number of aromatic hydroxyl groups is 1. The second-order valence-corrected chi connectivity index (χ2v) is 10.4. The Morgan fingerprint density at radius 3 is 2.30 bits per heavy atom. The highest BCUT2D eigenvalue weighted by Crippen LogP contribution is 2.26. The third-order valence-corrected chi connectivity index (χ3v) is 5.91. The third-order valence-electron chi connectivity index (χ3n) is 5.91. The van der Waals surface area contributed by atoms with Crippen molar-refractivity contribution in [2.24, 2.45) is 0 Å². The summed E-state index contributed by atoms with van der Waals surface area (Å²) in [6, 6.07) is 10.3. The van der Waals surface area contributed by atoms with Crippen LogP contribution < -0.4 is 10.6 Å². The van der Waals surface area contributed by atoms with Crippen molar-refractivity contribution in [1.29, 1.82) is 0 Å². The number of hydrogen-bond acceptors (Lipinski definition) is 5. The molecular weight excluding hydrogens is 470 g/mol. The Morgan fingerprint density at radius 2 is 1.70 bits per heavy atom. The number of phenols is 1. The van der Waals surface area contributed by atoms with Crippen LogP contribution in [-0.4, -0.2) is 53.1 Å². The lowest BCUT2D eigenvalue weighted by Crippen LogP contribution is -2.52. The van der Waals surface area contributed by atoms with Gasteiger partial charge in [-0.2, -0.15) is 0 Å². The van der Waals surface area contributed by atoms with Crippen LogP contribution in [-0.2, 0) is 20.7 Å². The number of nitrogens with one attached hydrogen (secondary N) is 2. The van der Waals surface area contributed by atoms with Crippen molar-refractivity contribution in [3.63, 3.8) is 0 Å². The molecule has 37 heavy (non-hydrogen) atoms. The third kappa shape index (κ3) is 9.12. The van der Waals surface area contributed by atoms with E-state index in [9.17, 15) is 19.5 Å². The molecule has 2 unspecified atom stereocenters. The number of rotatable bonds is 10. The molecule has 0 aromatic heterocycles. The monoisotopic (exact) mass is 511 g/mol. The molecule has 2 atom stereocenters. The van der Waals surface area contributed by atoms with Crippen LogP contribution >= 0.6 is 0 Å². The molecular formula is C29H41N3O5.